The van der Waals surface area contributed by atoms with E-state index in [1.807, 2.05) is 11.8 Å². The van der Waals surface area contributed by atoms with Crippen LogP contribution in [0.2, 0.25) is 0 Å². The van der Waals surface area contributed by atoms with Crippen molar-refractivity contribution in [2.75, 3.05) is 5.75 Å². The number of aryl methyl sites for hydroxylation is 1. The minimum absolute atomic E-state index is 0.175. The van der Waals surface area contributed by atoms with Gasteiger partial charge in [0.25, 0.3) is 0 Å². The van der Waals surface area contributed by atoms with Crippen LogP contribution in [0.15, 0.2) is 53.6 Å². The summed E-state index contributed by atoms with van der Waals surface area (Å²) in [7, 11) is 2.18. The summed E-state index contributed by atoms with van der Waals surface area (Å²) in [4.78, 5) is 0. The number of hydrogen-bond donors (Lipinski definition) is 0. The molecule has 1 atom stereocenters. The molecule has 2 aliphatic heterocycles. The molecule has 5 rings (SSSR count). The van der Waals surface area contributed by atoms with Crippen molar-refractivity contribution in [2.45, 2.75) is 23.5 Å². The Morgan fingerprint density at radius 3 is 2.82 bits per heavy atom. The Balaban J connectivity index is 1.79. The van der Waals surface area contributed by atoms with Crippen LogP contribution in [0.5, 0.6) is 5.75 Å². The van der Waals surface area contributed by atoms with Gasteiger partial charge < -0.3 is 9.30 Å². The number of nitrogens with zero attached hydrogens (tertiary/aromatic N) is 1. The van der Waals surface area contributed by atoms with E-state index in [4.69, 9.17) is 4.74 Å². The van der Waals surface area contributed by atoms with Crippen LogP contribution in [-0.2, 0) is 19.1 Å². The molecular formula is C19H17NOS. The molecule has 110 valence electrons. The van der Waals surface area contributed by atoms with Gasteiger partial charge in [0.15, 0.2) is 0 Å². The first-order chi connectivity index (χ1) is 10.8. The maximum atomic E-state index is 6.56. The Labute approximate surface area is 134 Å². The lowest BCUT2D eigenvalue weighted by molar-refractivity contribution is 0.0858. The summed E-state index contributed by atoms with van der Waals surface area (Å²) in [6.45, 7) is 0. The van der Waals surface area contributed by atoms with Crippen LogP contribution in [0.3, 0.4) is 0 Å². The highest BCUT2D eigenvalue weighted by molar-refractivity contribution is 7.99. The molecule has 3 heteroatoms. The van der Waals surface area contributed by atoms with Crippen LogP contribution >= 0.6 is 11.8 Å². The molecule has 22 heavy (non-hydrogen) atoms. The molecule has 0 bridgehead atoms. The number of benzene rings is 2. The van der Waals surface area contributed by atoms with Crippen molar-refractivity contribution in [1.29, 1.82) is 0 Å². The minimum Gasteiger partial charge on any atom is -0.482 e. The third kappa shape index (κ3) is 1.52. The number of fused-ring (bicyclic) bond motifs is 5. The second-order valence-electron chi connectivity index (χ2n) is 6.24. The average molecular weight is 307 g/mol. The summed E-state index contributed by atoms with van der Waals surface area (Å²) >= 11 is 1.96. The zero-order chi connectivity index (χ0) is 14.7. The third-order valence-corrected chi connectivity index (χ3v) is 6.17. The molecule has 1 unspecified atom stereocenters. The molecule has 3 heterocycles. The molecule has 0 amide bonds. The number of ether oxygens (including phenoxy) is 1. The van der Waals surface area contributed by atoms with E-state index in [2.05, 4.69) is 60.1 Å². The molecule has 2 aromatic carbocycles. The van der Waals surface area contributed by atoms with Gasteiger partial charge in [0.2, 0.25) is 0 Å². The molecule has 1 spiro atoms. The van der Waals surface area contributed by atoms with Crippen molar-refractivity contribution >= 4 is 22.7 Å². The number of aromatic nitrogens is 1. The molecular weight excluding hydrogens is 290 g/mol. The predicted molar refractivity (Wildman–Crippen MR) is 90.7 cm³/mol. The molecule has 0 saturated carbocycles. The van der Waals surface area contributed by atoms with E-state index in [1.165, 1.54) is 27.1 Å². The molecule has 2 nitrogen and oxygen atoms in total. The molecule has 3 aromatic rings. The van der Waals surface area contributed by atoms with Crippen LogP contribution in [0.1, 0.15) is 17.5 Å². The van der Waals surface area contributed by atoms with Crippen molar-refractivity contribution in [2.24, 2.45) is 7.05 Å². The van der Waals surface area contributed by atoms with E-state index in [0.717, 1.165) is 24.3 Å². The summed E-state index contributed by atoms with van der Waals surface area (Å²) in [5.74, 6) is 2.18. The van der Waals surface area contributed by atoms with Crippen LogP contribution in [0, 0.1) is 0 Å². The summed E-state index contributed by atoms with van der Waals surface area (Å²) in [6, 6.07) is 17.2. The van der Waals surface area contributed by atoms with Gasteiger partial charge in [0.05, 0.1) is 5.03 Å². The van der Waals surface area contributed by atoms with Gasteiger partial charge in [0.1, 0.15) is 11.4 Å². The minimum atomic E-state index is -0.175. The lowest BCUT2D eigenvalue weighted by atomic mass is 9.86. The first-order valence-corrected chi connectivity index (χ1v) is 8.75. The van der Waals surface area contributed by atoms with Crippen molar-refractivity contribution < 1.29 is 4.74 Å². The zero-order valence-corrected chi connectivity index (χ0v) is 13.3. The standard InChI is InChI=1S/C19H17NOS/c1-20-15-8-4-3-7-14(15)17-18(20)22-11-10-19(17)12-13-6-2-5-9-16(13)21-19/h2-9H,10-12H2,1H3. The van der Waals surface area contributed by atoms with Gasteiger partial charge in [-0.05, 0) is 17.7 Å². The highest BCUT2D eigenvalue weighted by Gasteiger charge is 2.46. The second-order valence-corrected chi connectivity index (χ2v) is 7.32. The van der Waals surface area contributed by atoms with Crippen LogP contribution in [0.4, 0.5) is 0 Å². The van der Waals surface area contributed by atoms with Gasteiger partial charge in [-0.1, -0.05) is 36.4 Å². The average Bonchev–Trinajstić information content (AvgIpc) is 3.05. The molecule has 0 saturated heterocycles. The van der Waals surface area contributed by atoms with Gasteiger partial charge in [-0.3, -0.25) is 0 Å². The van der Waals surface area contributed by atoms with Crippen LogP contribution < -0.4 is 4.74 Å². The normalized spacial score (nSPS) is 22.6. The molecule has 0 radical (unpaired) electrons. The van der Waals surface area contributed by atoms with Gasteiger partial charge in [-0.25, -0.2) is 0 Å². The quantitative estimate of drug-likeness (QED) is 0.607. The Bertz CT molecular complexity index is 871. The number of para-hydroxylation sites is 2. The summed E-state index contributed by atoms with van der Waals surface area (Å²) in [5, 5.41) is 2.72. The van der Waals surface area contributed by atoms with Crippen molar-refractivity contribution in [1.82, 2.24) is 4.57 Å². The highest BCUT2D eigenvalue weighted by atomic mass is 32.2. The number of hydrogen-bond acceptors (Lipinski definition) is 2. The Morgan fingerprint density at radius 1 is 1.09 bits per heavy atom. The van der Waals surface area contributed by atoms with Gasteiger partial charge >= 0.3 is 0 Å². The van der Waals surface area contributed by atoms with Crippen molar-refractivity contribution in [3.05, 3.63) is 59.7 Å². The predicted octanol–water partition coefficient (Wildman–Crippen LogP) is 4.50. The Kier molecular flexibility index (Phi) is 2.49. The molecule has 0 fully saturated rings. The molecule has 0 aliphatic carbocycles. The molecule has 0 N–H and O–H groups in total. The molecule has 2 aliphatic rings. The van der Waals surface area contributed by atoms with E-state index >= 15 is 0 Å². The van der Waals surface area contributed by atoms with E-state index in [-0.39, 0.29) is 5.60 Å². The first-order valence-electron chi connectivity index (χ1n) is 7.76. The Hall–Kier alpha value is -1.87. The summed E-state index contributed by atoms with van der Waals surface area (Å²) < 4.78 is 8.89. The Morgan fingerprint density at radius 2 is 1.91 bits per heavy atom. The summed E-state index contributed by atoms with van der Waals surface area (Å²) in [5.41, 5.74) is 3.87. The van der Waals surface area contributed by atoms with E-state index in [9.17, 15) is 0 Å². The summed E-state index contributed by atoms with van der Waals surface area (Å²) in [6.07, 6.45) is 2.07. The lowest BCUT2D eigenvalue weighted by Gasteiger charge is -2.33. The second kappa shape index (κ2) is 4.32. The van der Waals surface area contributed by atoms with Crippen LogP contribution in [-0.4, -0.2) is 10.3 Å². The SMILES string of the molecule is Cn1c2c(c3ccccc31)C1(CCS2)Cc2ccccc2O1. The maximum Gasteiger partial charge on any atom is 0.142 e. The van der Waals surface area contributed by atoms with E-state index in [1.54, 1.807) is 0 Å². The van der Waals surface area contributed by atoms with Gasteiger partial charge in [0, 0.05) is 42.1 Å². The first kappa shape index (κ1) is 12.7. The van der Waals surface area contributed by atoms with E-state index < -0.39 is 0 Å². The highest BCUT2D eigenvalue weighted by Crippen LogP contribution is 2.52. The van der Waals surface area contributed by atoms with Gasteiger partial charge in [-0.2, -0.15) is 0 Å². The zero-order valence-electron chi connectivity index (χ0n) is 12.5. The number of thioether (sulfide) groups is 1. The van der Waals surface area contributed by atoms with Crippen molar-refractivity contribution in [3.63, 3.8) is 0 Å². The van der Waals surface area contributed by atoms with Gasteiger partial charge in [-0.15, -0.1) is 11.8 Å². The van der Waals surface area contributed by atoms with Crippen molar-refractivity contribution in [3.8, 4) is 5.75 Å². The van der Waals surface area contributed by atoms with Crippen LogP contribution in [0.25, 0.3) is 10.9 Å². The number of rotatable bonds is 0. The molecule has 1 aromatic heterocycles. The monoisotopic (exact) mass is 307 g/mol. The van der Waals surface area contributed by atoms with E-state index in [0.29, 0.717) is 0 Å². The maximum absolute atomic E-state index is 6.56. The topological polar surface area (TPSA) is 14.2 Å². The third-order valence-electron chi connectivity index (χ3n) is 5.01. The fourth-order valence-corrected chi connectivity index (χ4v) is 5.36. The fraction of sp³-hybridized carbons (Fsp3) is 0.263. The largest absolute Gasteiger partial charge is 0.482 e. The smallest absolute Gasteiger partial charge is 0.142 e. The fourth-order valence-electron chi connectivity index (χ4n) is 4.00. The lowest BCUT2D eigenvalue weighted by Crippen LogP contribution is -2.34.